The van der Waals surface area contributed by atoms with Gasteiger partial charge < -0.3 is 16.4 Å². The van der Waals surface area contributed by atoms with Crippen LogP contribution in [0.1, 0.15) is 17.4 Å². The highest BCUT2D eigenvalue weighted by Gasteiger charge is 2.17. The zero-order valence-corrected chi connectivity index (χ0v) is 17.3. The Hall–Kier alpha value is -3.52. The third kappa shape index (κ3) is 3.81. The van der Waals surface area contributed by atoms with E-state index in [0.29, 0.717) is 11.5 Å². The Balaban J connectivity index is 1.56. The van der Waals surface area contributed by atoms with Crippen LogP contribution in [0.3, 0.4) is 0 Å². The van der Waals surface area contributed by atoms with E-state index in [1.807, 2.05) is 12.1 Å². The Labute approximate surface area is 177 Å². The first-order chi connectivity index (χ1) is 14.5. The third-order valence-electron chi connectivity index (χ3n) is 4.72. The standard InChI is InChI=1S/C22H20FN5OS/c1-3-17-18(19-20(24)25-11-26-21(19)30-17)13-5-7-14(8-6-13)27-22(29)28-16-9-4-12(2)10-15(16)23/h4-11H,3H2,1-2H3,(H2,24,25,26)(H2,27,28,29). The van der Waals surface area contributed by atoms with E-state index in [0.717, 1.165) is 33.3 Å². The molecular weight excluding hydrogens is 401 g/mol. The Morgan fingerprint density at radius 1 is 1.13 bits per heavy atom. The Bertz CT molecular complexity index is 1240. The second-order valence-corrected chi connectivity index (χ2v) is 7.92. The normalized spacial score (nSPS) is 10.9. The first kappa shape index (κ1) is 19.8. The molecule has 4 rings (SSSR count). The minimum absolute atomic E-state index is 0.127. The number of fused-ring (bicyclic) bond motifs is 1. The average Bonchev–Trinajstić information content (AvgIpc) is 3.11. The summed E-state index contributed by atoms with van der Waals surface area (Å²) in [5.41, 5.74) is 9.60. The summed E-state index contributed by atoms with van der Waals surface area (Å²) in [6, 6.07) is 11.5. The van der Waals surface area contributed by atoms with Crippen LogP contribution in [0.5, 0.6) is 0 Å². The van der Waals surface area contributed by atoms with Gasteiger partial charge in [-0.2, -0.15) is 0 Å². The van der Waals surface area contributed by atoms with Gasteiger partial charge in [-0.15, -0.1) is 11.3 Å². The number of nitrogens with zero attached hydrogens (tertiary/aromatic N) is 2. The van der Waals surface area contributed by atoms with E-state index in [9.17, 15) is 9.18 Å². The van der Waals surface area contributed by atoms with Crippen molar-refractivity contribution in [3.63, 3.8) is 0 Å². The molecule has 152 valence electrons. The molecule has 0 radical (unpaired) electrons. The molecule has 0 saturated carbocycles. The number of amides is 2. The van der Waals surface area contributed by atoms with Gasteiger partial charge in [0, 0.05) is 16.1 Å². The molecule has 4 aromatic rings. The summed E-state index contributed by atoms with van der Waals surface area (Å²) in [6.07, 6.45) is 2.32. The number of carbonyl (C=O) groups excluding carboxylic acids is 1. The van der Waals surface area contributed by atoms with Crippen molar-refractivity contribution in [2.24, 2.45) is 0 Å². The van der Waals surface area contributed by atoms with Gasteiger partial charge in [-0.3, -0.25) is 0 Å². The molecule has 30 heavy (non-hydrogen) atoms. The molecule has 0 aliphatic carbocycles. The predicted octanol–water partition coefficient (Wildman–Crippen LogP) is 5.59. The lowest BCUT2D eigenvalue weighted by Crippen LogP contribution is -2.20. The van der Waals surface area contributed by atoms with E-state index >= 15 is 0 Å². The number of hydrogen-bond donors (Lipinski definition) is 3. The van der Waals surface area contributed by atoms with Crippen molar-refractivity contribution in [1.82, 2.24) is 9.97 Å². The molecule has 0 bridgehead atoms. The number of halogens is 1. The number of urea groups is 1. The van der Waals surface area contributed by atoms with Crippen LogP contribution in [0.15, 0.2) is 48.8 Å². The highest BCUT2D eigenvalue weighted by Crippen LogP contribution is 2.40. The Morgan fingerprint density at radius 3 is 2.60 bits per heavy atom. The first-order valence-corrected chi connectivity index (χ1v) is 10.2. The molecule has 0 aliphatic rings. The van der Waals surface area contributed by atoms with Gasteiger partial charge in [0.05, 0.1) is 11.1 Å². The number of aryl methyl sites for hydroxylation is 2. The van der Waals surface area contributed by atoms with Crippen molar-refractivity contribution < 1.29 is 9.18 Å². The number of nitrogens with two attached hydrogens (primary N) is 1. The summed E-state index contributed by atoms with van der Waals surface area (Å²) in [5, 5.41) is 6.09. The van der Waals surface area contributed by atoms with Crippen LogP contribution in [0.4, 0.5) is 26.4 Å². The van der Waals surface area contributed by atoms with Crippen molar-refractivity contribution >= 4 is 44.8 Å². The Morgan fingerprint density at radius 2 is 1.90 bits per heavy atom. The maximum atomic E-state index is 13.9. The fourth-order valence-corrected chi connectivity index (χ4v) is 4.39. The summed E-state index contributed by atoms with van der Waals surface area (Å²) in [7, 11) is 0. The van der Waals surface area contributed by atoms with Crippen molar-refractivity contribution in [3.8, 4) is 11.1 Å². The number of hydrogen-bond acceptors (Lipinski definition) is 5. The molecule has 6 nitrogen and oxygen atoms in total. The van der Waals surface area contributed by atoms with Crippen molar-refractivity contribution in [3.05, 3.63) is 65.0 Å². The molecule has 0 fully saturated rings. The lowest BCUT2D eigenvalue weighted by atomic mass is 10.0. The molecule has 2 amide bonds. The minimum atomic E-state index is -0.515. The zero-order chi connectivity index (χ0) is 21.3. The minimum Gasteiger partial charge on any atom is -0.383 e. The number of aromatic nitrogens is 2. The maximum absolute atomic E-state index is 13.9. The van der Waals surface area contributed by atoms with Gasteiger partial charge in [-0.05, 0) is 48.7 Å². The van der Waals surface area contributed by atoms with Crippen LogP contribution >= 0.6 is 11.3 Å². The fraction of sp³-hybridized carbons (Fsp3) is 0.136. The molecular formula is C22H20FN5OS. The molecule has 4 N–H and O–H groups in total. The van der Waals surface area contributed by atoms with E-state index in [-0.39, 0.29) is 5.69 Å². The second kappa shape index (κ2) is 8.08. The van der Waals surface area contributed by atoms with E-state index in [1.165, 1.54) is 23.3 Å². The van der Waals surface area contributed by atoms with Crippen molar-refractivity contribution in [1.29, 1.82) is 0 Å². The van der Waals surface area contributed by atoms with Gasteiger partial charge >= 0.3 is 6.03 Å². The smallest absolute Gasteiger partial charge is 0.323 e. The summed E-state index contributed by atoms with van der Waals surface area (Å²) in [5.74, 6) is -0.0237. The van der Waals surface area contributed by atoms with Crippen molar-refractivity contribution in [2.75, 3.05) is 16.4 Å². The summed E-state index contributed by atoms with van der Waals surface area (Å²) in [4.78, 5) is 22.7. The van der Waals surface area contributed by atoms with Crippen molar-refractivity contribution in [2.45, 2.75) is 20.3 Å². The fourth-order valence-electron chi connectivity index (χ4n) is 3.28. The maximum Gasteiger partial charge on any atom is 0.323 e. The Kier molecular flexibility index (Phi) is 5.33. The van der Waals surface area contributed by atoms with Crippen LogP contribution in [0, 0.1) is 12.7 Å². The number of anilines is 3. The predicted molar refractivity (Wildman–Crippen MR) is 120 cm³/mol. The zero-order valence-electron chi connectivity index (χ0n) is 16.5. The largest absolute Gasteiger partial charge is 0.383 e. The molecule has 0 spiro atoms. The molecule has 0 aliphatic heterocycles. The molecule has 2 aromatic heterocycles. The second-order valence-electron chi connectivity index (χ2n) is 6.83. The van der Waals surface area contributed by atoms with Gasteiger partial charge in [0.1, 0.15) is 22.8 Å². The van der Waals surface area contributed by atoms with Crippen LogP contribution in [-0.2, 0) is 6.42 Å². The number of thiophene rings is 1. The van der Waals surface area contributed by atoms with Gasteiger partial charge in [0.2, 0.25) is 0 Å². The number of benzene rings is 2. The van der Waals surface area contributed by atoms with Gasteiger partial charge in [-0.25, -0.2) is 19.2 Å². The quantitative estimate of drug-likeness (QED) is 0.400. The SMILES string of the molecule is CCc1sc2ncnc(N)c2c1-c1ccc(NC(=O)Nc2ccc(C)cc2F)cc1. The lowest BCUT2D eigenvalue weighted by molar-refractivity contribution is 0.262. The average molecular weight is 422 g/mol. The number of nitrogen functional groups attached to an aromatic ring is 1. The first-order valence-electron chi connectivity index (χ1n) is 9.42. The summed E-state index contributed by atoms with van der Waals surface area (Å²) >= 11 is 1.60. The highest BCUT2D eigenvalue weighted by atomic mass is 32.1. The summed E-state index contributed by atoms with van der Waals surface area (Å²) < 4.78 is 13.9. The molecule has 0 saturated heterocycles. The van der Waals surface area contributed by atoms with Crippen LogP contribution in [-0.4, -0.2) is 16.0 Å². The number of nitrogens with one attached hydrogen (secondary N) is 2. The van der Waals surface area contributed by atoms with Crippen LogP contribution in [0.2, 0.25) is 0 Å². The van der Waals surface area contributed by atoms with Crippen LogP contribution < -0.4 is 16.4 Å². The van der Waals surface area contributed by atoms with E-state index < -0.39 is 11.8 Å². The molecule has 0 unspecified atom stereocenters. The van der Waals surface area contributed by atoms with E-state index in [4.69, 9.17) is 5.73 Å². The topological polar surface area (TPSA) is 92.9 Å². The van der Waals surface area contributed by atoms with E-state index in [2.05, 4.69) is 27.5 Å². The third-order valence-corrected chi connectivity index (χ3v) is 5.96. The molecule has 2 aromatic carbocycles. The number of rotatable bonds is 4. The molecule has 0 atom stereocenters. The number of carbonyl (C=O) groups is 1. The lowest BCUT2D eigenvalue weighted by Gasteiger charge is -2.10. The molecule has 2 heterocycles. The highest BCUT2D eigenvalue weighted by molar-refractivity contribution is 7.19. The van der Waals surface area contributed by atoms with Gasteiger partial charge in [0.25, 0.3) is 0 Å². The van der Waals surface area contributed by atoms with E-state index in [1.54, 1.807) is 36.5 Å². The van der Waals surface area contributed by atoms with Gasteiger partial charge in [0.15, 0.2) is 0 Å². The summed E-state index contributed by atoms with van der Waals surface area (Å²) in [6.45, 7) is 3.87. The molecule has 8 heteroatoms. The van der Waals surface area contributed by atoms with Crippen LogP contribution in [0.25, 0.3) is 21.3 Å². The van der Waals surface area contributed by atoms with Gasteiger partial charge in [-0.1, -0.05) is 25.1 Å². The monoisotopic (exact) mass is 421 g/mol.